The highest BCUT2D eigenvalue weighted by Gasteiger charge is 2.38. The molecule has 3 atom stereocenters. The molecule has 156 valence electrons. The van der Waals surface area contributed by atoms with Crippen molar-refractivity contribution in [2.75, 3.05) is 0 Å². The van der Waals surface area contributed by atoms with Crippen molar-refractivity contribution in [2.45, 2.75) is 55.6 Å². The highest BCUT2D eigenvalue weighted by molar-refractivity contribution is 7.87. The number of thiophene rings is 1. The van der Waals surface area contributed by atoms with Crippen molar-refractivity contribution in [3.63, 3.8) is 0 Å². The molecule has 4 nitrogen and oxygen atoms in total. The molecule has 1 aromatic heterocycles. The predicted octanol–water partition coefficient (Wildman–Crippen LogP) is 5.97. The third-order valence-electron chi connectivity index (χ3n) is 6.06. The van der Waals surface area contributed by atoms with Crippen LogP contribution in [-0.2, 0) is 14.9 Å². The van der Waals surface area contributed by atoms with Crippen LogP contribution < -0.4 is 4.18 Å². The van der Waals surface area contributed by atoms with Gasteiger partial charge in [0.25, 0.3) is 0 Å². The molecule has 6 heteroatoms. The van der Waals surface area contributed by atoms with E-state index in [-0.39, 0.29) is 17.1 Å². The molecule has 2 aromatic carbocycles. The van der Waals surface area contributed by atoms with Crippen molar-refractivity contribution in [1.29, 1.82) is 0 Å². The summed E-state index contributed by atoms with van der Waals surface area (Å²) in [6.45, 7) is 1.91. The predicted molar refractivity (Wildman–Crippen MR) is 118 cm³/mol. The summed E-state index contributed by atoms with van der Waals surface area (Å²) in [6, 6.07) is 16.1. The van der Waals surface area contributed by atoms with Gasteiger partial charge in [-0.25, -0.2) is 0 Å². The minimum absolute atomic E-state index is 0.103. The Labute approximate surface area is 181 Å². The average Bonchev–Trinajstić information content (AvgIpc) is 3.24. The fraction of sp³-hybridized carbons (Fsp3) is 0.333. The van der Waals surface area contributed by atoms with Gasteiger partial charge in [0, 0.05) is 10.8 Å². The van der Waals surface area contributed by atoms with Crippen LogP contribution >= 0.6 is 11.3 Å². The minimum Gasteiger partial charge on any atom is -0.379 e. The lowest BCUT2D eigenvalue weighted by Crippen LogP contribution is -2.32. The number of rotatable bonds is 4. The second-order valence-corrected chi connectivity index (χ2v) is 10.6. The molecule has 2 aliphatic rings. The first kappa shape index (κ1) is 19.8. The lowest BCUT2D eigenvalue weighted by Gasteiger charge is -2.39. The van der Waals surface area contributed by atoms with Crippen LogP contribution in [0.1, 0.15) is 59.3 Å². The Balaban J connectivity index is 1.38. The van der Waals surface area contributed by atoms with Crippen molar-refractivity contribution < 1.29 is 17.3 Å². The van der Waals surface area contributed by atoms with E-state index in [1.54, 1.807) is 36.4 Å². The summed E-state index contributed by atoms with van der Waals surface area (Å²) >= 11 is 1.84. The summed E-state index contributed by atoms with van der Waals surface area (Å²) in [5, 5.41) is 2.16. The molecule has 0 unspecified atom stereocenters. The van der Waals surface area contributed by atoms with Crippen LogP contribution in [-0.4, -0.2) is 14.5 Å². The second kappa shape index (κ2) is 7.84. The third kappa shape index (κ3) is 3.68. The number of aryl methyl sites for hydroxylation is 1. The topological polar surface area (TPSA) is 52.6 Å². The van der Waals surface area contributed by atoms with Gasteiger partial charge in [-0.2, -0.15) is 8.42 Å². The standard InChI is InChI=1S/C24H24O4S2/c1-16-6-12-19(13-7-16)30(25,26)28-18-10-8-17(9-11-18)23-21-14-15-29-24(21)20-4-2-3-5-22(20)27-23/h6-15,20,22-23H,2-5H2,1H3/t20-,22+,23+/m0/s1. The lowest BCUT2D eigenvalue weighted by molar-refractivity contribution is -0.0374. The van der Waals surface area contributed by atoms with E-state index in [4.69, 9.17) is 8.92 Å². The van der Waals surface area contributed by atoms with Crippen LogP contribution in [0.3, 0.4) is 0 Å². The first-order chi connectivity index (χ1) is 14.5. The summed E-state index contributed by atoms with van der Waals surface area (Å²) in [7, 11) is -3.85. The quantitative estimate of drug-likeness (QED) is 0.469. The van der Waals surface area contributed by atoms with Gasteiger partial charge >= 0.3 is 10.1 Å². The van der Waals surface area contributed by atoms with E-state index in [0.29, 0.717) is 11.7 Å². The molecule has 5 rings (SSSR count). The number of ether oxygens (including phenoxy) is 1. The van der Waals surface area contributed by atoms with Gasteiger partial charge in [0.1, 0.15) is 16.7 Å². The van der Waals surface area contributed by atoms with Crippen LogP contribution in [0.5, 0.6) is 5.75 Å². The molecule has 1 fully saturated rings. The van der Waals surface area contributed by atoms with Gasteiger partial charge in [0.2, 0.25) is 0 Å². The molecule has 0 radical (unpaired) electrons. The fourth-order valence-corrected chi connectivity index (χ4v) is 6.54. The Kier molecular flexibility index (Phi) is 5.17. The van der Waals surface area contributed by atoms with Crippen LogP contribution in [0, 0.1) is 6.92 Å². The lowest BCUT2D eigenvalue weighted by atomic mass is 9.80. The van der Waals surface area contributed by atoms with E-state index in [2.05, 4.69) is 11.4 Å². The maximum absolute atomic E-state index is 12.5. The van der Waals surface area contributed by atoms with Gasteiger partial charge < -0.3 is 8.92 Å². The Bertz CT molecular complexity index is 1130. The maximum atomic E-state index is 12.5. The summed E-state index contributed by atoms with van der Waals surface area (Å²) in [5.74, 6) is 0.823. The zero-order chi connectivity index (χ0) is 20.7. The molecule has 1 saturated carbocycles. The van der Waals surface area contributed by atoms with Crippen LogP contribution in [0.25, 0.3) is 0 Å². The molecule has 0 bridgehead atoms. The molecule has 2 heterocycles. The van der Waals surface area contributed by atoms with E-state index in [1.807, 2.05) is 30.4 Å². The molecular formula is C24H24O4S2. The summed E-state index contributed by atoms with van der Waals surface area (Å²) < 4.78 is 37.0. The largest absolute Gasteiger partial charge is 0.379 e. The Hall–Kier alpha value is -2.15. The molecule has 1 aliphatic heterocycles. The van der Waals surface area contributed by atoms with Crippen molar-refractivity contribution in [3.8, 4) is 5.75 Å². The smallest absolute Gasteiger partial charge is 0.339 e. The number of hydrogen-bond donors (Lipinski definition) is 0. The Morgan fingerprint density at radius 3 is 2.47 bits per heavy atom. The molecule has 3 aromatic rings. The zero-order valence-corrected chi connectivity index (χ0v) is 18.4. The summed E-state index contributed by atoms with van der Waals surface area (Å²) in [6.07, 6.45) is 4.97. The number of benzene rings is 2. The molecular weight excluding hydrogens is 416 g/mol. The molecule has 0 saturated heterocycles. The molecule has 30 heavy (non-hydrogen) atoms. The van der Waals surface area contributed by atoms with Crippen LogP contribution in [0.4, 0.5) is 0 Å². The van der Waals surface area contributed by atoms with Gasteiger partial charge in [-0.15, -0.1) is 11.3 Å². The van der Waals surface area contributed by atoms with Crippen LogP contribution in [0.2, 0.25) is 0 Å². The van der Waals surface area contributed by atoms with Gasteiger partial charge in [-0.1, -0.05) is 42.7 Å². The summed E-state index contributed by atoms with van der Waals surface area (Å²) in [4.78, 5) is 1.61. The Morgan fingerprint density at radius 1 is 0.967 bits per heavy atom. The van der Waals surface area contributed by atoms with Crippen molar-refractivity contribution in [3.05, 3.63) is 81.5 Å². The molecule has 0 spiro atoms. The average molecular weight is 441 g/mol. The van der Waals surface area contributed by atoms with Gasteiger partial charge in [0.15, 0.2) is 0 Å². The van der Waals surface area contributed by atoms with Crippen molar-refractivity contribution >= 4 is 21.5 Å². The number of fused-ring (bicyclic) bond motifs is 3. The van der Waals surface area contributed by atoms with E-state index in [0.717, 1.165) is 17.5 Å². The molecule has 0 amide bonds. The third-order valence-corrected chi connectivity index (χ3v) is 8.38. The SMILES string of the molecule is Cc1ccc(S(=O)(=O)Oc2ccc([C@H]3O[C@@H]4CCCC[C@@H]4c4sccc43)cc2)cc1. The normalized spacial score (nSPS) is 23.4. The first-order valence-electron chi connectivity index (χ1n) is 10.4. The van der Waals surface area contributed by atoms with Gasteiger partial charge in [-0.05, 0) is 66.6 Å². The highest BCUT2D eigenvalue weighted by atomic mass is 32.2. The monoisotopic (exact) mass is 440 g/mol. The second-order valence-electron chi connectivity index (χ2n) is 8.11. The molecule has 0 N–H and O–H groups in total. The Morgan fingerprint density at radius 2 is 1.70 bits per heavy atom. The first-order valence-corrected chi connectivity index (χ1v) is 12.6. The highest BCUT2D eigenvalue weighted by Crippen LogP contribution is 2.49. The van der Waals surface area contributed by atoms with Crippen molar-refractivity contribution in [2.24, 2.45) is 0 Å². The fourth-order valence-electron chi connectivity index (χ4n) is 4.49. The number of hydrogen-bond acceptors (Lipinski definition) is 5. The van der Waals surface area contributed by atoms with Crippen molar-refractivity contribution in [1.82, 2.24) is 0 Å². The van der Waals surface area contributed by atoms with E-state index < -0.39 is 10.1 Å². The summed E-state index contributed by atoms with van der Waals surface area (Å²) in [5.41, 5.74) is 3.28. The maximum Gasteiger partial charge on any atom is 0.339 e. The minimum atomic E-state index is -3.85. The van der Waals surface area contributed by atoms with Crippen LogP contribution in [0.15, 0.2) is 64.9 Å². The molecule has 1 aliphatic carbocycles. The van der Waals surface area contributed by atoms with E-state index >= 15 is 0 Å². The van der Waals surface area contributed by atoms with Gasteiger partial charge in [0.05, 0.1) is 6.10 Å². The van der Waals surface area contributed by atoms with E-state index in [9.17, 15) is 8.42 Å². The van der Waals surface area contributed by atoms with E-state index in [1.165, 1.54) is 29.7 Å². The zero-order valence-electron chi connectivity index (χ0n) is 16.8. The van der Waals surface area contributed by atoms with Gasteiger partial charge in [-0.3, -0.25) is 0 Å².